The van der Waals surface area contributed by atoms with Crippen molar-refractivity contribution in [2.24, 2.45) is 5.73 Å². The molecule has 4 heteroatoms. The molecule has 4 nitrogen and oxygen atoms in total. The Kier molecular flexibility index (Phi) is 3.86. The summed E-state index contributed by atoms with van der Waals surface area (Å²) in [7, 11) is 3.75. The molecule has 1 heterocycles. The van der Waals surface area contributed by atoms with Gasteiger partial charge in [-0.2, -0.15) is 0 Å². The average Bonchev–Trinajstić information content (AvgIpc) is 2.29. The summed E-state index contributed by atoms with van der Waals surface area (Å²) in [6.45, 7) is 2.56. The van der Waals surface area contributed by atoms with Gasteiger partial charge in [0.1, 0.15) is 6.10 Å². The first-order chi connectivity index (χ1) is 8.24. The lowest BCUT2D eigenvalue weighted by atomic mass is 10.1. The van der Waals surface area contributed by atoms with Crippen LogP contribution in [-0.4, -0.2) is 44.8 Å². The van der Waals surface area contributed by atoms with Crippen molar-refractivity contribution in [3.63, 3.8) is 0 Å². The van der Waals surface area contributed by atoms with Gasteiger partial charge < -0.3 is 15.2 Å². The van der Waals surface area contributed by atoms with Gasteiger partial charge in [-0.3, -0.25) is 4.90 Å². The number of hydrogen-bond acceptors (Lipinski definition) is 4. The van der Waals surface area contributed by atoms with E-state index in [0.717, 1.165) is 36.6 Å². The lowest BCUT2D eigenvalue weighted by molar-refractivity contribution is 0.0363. The molecule has 1 aliphatic rings. The first-order valence-corrected chi connectivity index (χ1v) is 5.95. The molecule has 1 aromatic rings. The Bertz CT molecular complexity index is 376. The van der Waals surface area contributed by atoms with Crippen LogP contribution in [0.15, 0.2) is 18.2 Å². The number of likely N-dealkylation sites (tertiary alicyclic amines) is 1. The van der Waals surface area contributed by atoms with Crippen molar-refractivity contribution in [2.45, 2.75) is 12.5 Å². The van der Waals surface area contributed by atoms with Crippen molar-refractivity contribution in [1.29, 1.82) is 0 Å². The highest BCUT2D eigenvalue weighted by atomic mass is 16.5. The molecule has 0 atom stereocenters. The van der Waals surface area contributed by atoms with Crippen molar-refractivity contribution in [1.82, 2.24) is 4.90 Å². The minimum absolute atomic E-state index is 0.271. The van der Waals surface area contributed by atoms with Crippen LogP contribution in [0.5, 0.6) is 11.5 Å². The predicted octanol–water partition coefficient (Wildman–Crippen LogP) is 0.889. The van der Waals surface area contributed by atoms with Gasteiger partial charge in [-0.05, 0) is 31.6 Å². The highest BCUT2D eigenvalue weighted by Gasteiger charge is 2.26. The molecule has 94 valence electrons. The molecule has 2 N–H and O–H groups in total. The van der Waals surface area contributed by atoms with Gasteiger partial charge in [0.15, 0.2) is 11.5 Å². The van der Waals surface area contributed by atoms with E-state index in [-0.39, 0.29) is 6.10 Å². The quantitative estimate of drug-likeness (QED) is 0.825. The van der Waals surface area contributed by atoms with Crippen molar-refractivity contribution in [2.75, 3.05) is 33.8 Å². The second-order valence-corrected chi connectivity index (χ2v) is 4.45. The Hall–Kier alpha value is -1.26. The molecular weight excluding hydrogens is 216 g/mol. The molecule has 0 saturated carbocycles. The van der Waals surface area contributed by atoms with E-state index in [1.54, 1.807) is 7.11 Å². The summed E-state index contributed by atoms with van der Waals surface area (Å²) in [5.41, 5.74) is 6.74. The number of methoxy groups -OCH3 is 1. The fourth-order valence-corrected chi connectivity index (χ4v) is 2.09. The zero-order valence-corrected chi connectivity index (χ0v) is 10.5. The van der Waals surface area contributed by atoms with Crippen LogP contribution >= 0.6 is 0 Å². The topological polar surface area (TPSA) is 47.7 Å². The second kappa shape index (κ2) is 5.38. The Balaban J connectivity index is 2.16. The smallest absolute Gasteiger partial charge is 0.164 e. The van der Waals surface area contributed by atoms with Crippen molar-refractivity contribution in [3.05, 3.63) is 23.8 Å². The van der Waals surface area contributed by atoms with Gasteiger partial charge in [0.2, 0.25) is 0 Å². The lowest BCUT2D eigenvalue weighted by Gasteiger charge is -2.36. The van der Waals surface area contributed by atoms with Crippen LogP contribution in [0.4, 0.5) is 0 Å². The van der Waals surface area contributed by atoms with Crippen LogP contribution < -0.4 is 15.2 Å². The molecule has 0 radical (unpaired) electrons. The predicted molar refractivity (Wildman–Crippen MR) is 67.7 cm³/mol. The molecular formula is C13H20N2O2. The van der Waals surface area contributed by atoms with Gasteiger partial charge in [0, 0.05) is 13.1 Å². The van der Waals surface area contributed by atoms with Gasteiger partial charge in [0.05, 0.1) is 7.11 Å². The SMILES string of the molecule is COc1cccc(CCN)c1OC1CN(C)C1. The number of hydrogen-bond donors (Lipinski definition) is 1. The summed E-state index contributed by atoms with van der Waals surface area (Å²) >= 11 is 0. The summed E-state index contributed by atoms with van der Waals surface area (Å²) in [6.07, 6.45) is 1.09. The van der Waals surface area contributed by atoms with Crippen molar-refractivity contribution in [3.8, 4) is 11.5 Å². The van der Waals surface area contributed by atoms with E-state index < -0.39 is 0 Å². The van der Waals surface area contributed by atoms with E-state index in [4.69, 9.17) is 15.2 Å². The van der Waals surface area contributed by atoms with E-state index >= 15 is 0 Å². The number of benzene rings is 1. The first-order valence-electron chi connectivity index (χ1n) is 5.95. The van der Waals surface area contributed by atoms with Gasteiger partial charge in [-0.25, -0.2) is 0 Å². The average molecular weight is 236 g/mol. The number of para-hydroxylation sites is 1. The van der Waals surface area contributed by atoms with Crippen LogP contribution in [0.3, 0.4) is 0 Å². The molecule has 0 amide bonds. The van der Waals surface area contributed by atoms with Gasteiger partial charge in [-0.1, -0.05) is 12.1 Å². The number of nitrogens with zero attached hydrogens (tertiary/aromatic N) is 1. The van der Waals surface area contributed by atoms with Crippen LogP contribution in [0, 0.1) is 0 Å². The summed E-state index contributed by atoms with van der Waals surface area (Å²) in [5.74, 6) is 1.66. The Labute approximate surface area is 102 Å². The lowest BCUT2D eigenvalue weighted by Crippen LogP contribution is -2.51. The Morgan fingerprint density at radius 3 is 2.76 bits per heavy atom. The minimum atomic E-state index is 0.271. The molecule has 0 bridgehead atoms. The summed E-state index contributed by atoms with van der Waals surface area (Å²) in [6, 6.07) is 5.95. The molecule has 0 aliphatic carbocycles. The summed E-state index contributed by atoms with van der Waals surface area (Å²) in [4.78, 5) is 2.22. The monoisotopic (exact) mass is 236 g/mol. The van der Waals surface area contributed by atoms with Crippen LogP contribution in [0.1, 0.15) is 5.56 Å². The molecule has 0 spiro atoms. The van der Waals surface area contributed by atoms with Crippen LogP contribution in [-0.2, 0) is 6.42 Å². The number of likely N-dealkylation sites (N-methyl/N-ethyl adjacent to an activating group) is 1. The molecule has 1 aromatic carbocycles. The fraction of sp³-hybridized carbons (Fsp3) is 0.538. The Morgan fingerprint density at radius 1 is 1.41 bits per heavy atom. The number of nitrogens with two attached hydrogens (primary N) is 1. The minimum Gasteiger partial charge on any atom is -0.493 e. The third kappa shape index (κ3) is 2.70. The standard InChI is InChI=1S/C13H20N2O2/c1-15-8-11(9-15)17-13-10(6-7-14)4-3-5-12(13)16-2/h3-5,11H,6-9,14H2,1-2H3. The van der Waals surface area contributed by atoms with E-state index in [2.05, 4.69) is 11.9 Å². The van der Waals surface area contributed by atoms with Crippen molar-refractivity contribution < 1.29 is 9.47 Å². The maximum Gasteiger partial charge on any atom is 0.164 e. The largest absolute Gasteiger partial charge is 0.493 e. The zero-order chi connectivity index (χ0) is 12.3. The zero-order valence-electron chi connectivity index (χ0n) is 10.5. The summed E-state index contributed by atoms with van der Waals surface area (Å²) < 4.78 is 11.4. The number of ether oxygens (including phenoxy) is 2. The molecule has 0 aromatic heterocycles. The number of rotatable bonds is 5. The third-order valence-electron chi connectivity index (χ3n) is 3.01. The highest BCUT2D eigenvalue weighted by Crippen LogP contribution is 2.33. The van der Waals surface area contributed by atoms with E-state index in [9.17, 15) is 0 Å². The third-order valence-corrected chi connectivity index (χ3v) is 3.01. The van der Waals surface area contributed by atoms with Crippen molar-refractivity contribution >= 4 is 0 Å². The highest BCUT2D eigenvalue weighted by molar-refractivity contribution is 5.47. The summed E-state index contributed by atoms with van der Waals surface area (Å²) in [5, 5.41) is 0. The molecule has 2 rings (SSSR count). The molecule has 1 aliphatic heterocycles. The van der Waals surface area contributed by atoms with E-state index in [1.165, 1.54) is 0 Å². The molecule has 0 unspecified atom stereocenters. The maximum atomic E-state index is 6.00. The molecule has 17 heavy (non-hydrogen) atoms. The van der Waals surface area contributed by atoms with Gasteiger partial charge in [0.25, 0.3) is 0 Å². The maximum absolute atomic E-state index is 6.00. The molecule has 1 saturated heterocycles. The normalized spacial score (nSPS) is 16.6. The van der Waals surface area contributed by atoms with Crippen LogP contribution in [0.2, 0.25) is 0 Å². The van der Waals surface area contributed by atoms with Gasteiger partial charge >= 0.3 is 0 Å². The Morgan fingerprint density at radius 2 is 2.18 bits per heavy atom. The fourth-order valence-electron chi connectivity index (χ4n) is 2.09. The molecule has 1 fully saturated rings. The first kappa shape index (κ1) is 12.2. The van der Waals surface area contributed by atoms with E-state index in [1.807, 2.05) is 18.2 Å². The second-order valence-electron chi connectivity index (χ2n) is 4.45. The van der Waals surface area contributed by atoms with Gasteiger partial charge in [-0.15, -0.1) is 0 Å². The van der Waals surface area contributed by atoms with E-state index in [0.29, 0.717) is 6.54 Å². The van der Waals surface area contributed by atoms with Crippen LogP contribution in [0.25, 0.3) is 0 Å².